The number of ether oxygens (including phenoxy) is 3. The minimum Gasteiger partial charge on any atom is -0.495 e. The predicted molar refractivity (Wildman–Crippen MR) is 202 cm³/mol. The third-order valence-electron chi connectivity index (χ3n) is 9.54. The van der Waals surface area contributed by atoms with E-state index in [1.165, 1.54) is 116 Å². The van der Waals surface area contributed by atoms with Crippen molar-refractivity contribution in [1.29, 1.82) is 0 Å². The summed E-state index contributed by atoms with van der Waals surface area (Å²) in [6.45, 7) is 4.95. The maximum Gasteiger partial charge on any atom is 0.418 e. The van der Waals surface area contributed by atoms with E-state index in [2.05, 4.69) is 17.2 Å². The van der Waals surface area contributed by atoms with Crippen LogP contribution >= 0.6 is 0 Å². The number of carbonyl (C=O) groups excluding carboxylic acids is 4. The van der Waals surface area contributed by atoms with E-state index in [0.717, 1.165) is 30.0 Å². The van der Waals surface area contributed by atoms with E-state index >= 15 is 0 Å². The van der Waals surface area contributed by atoms with E-state index in [9.17, 15) is 27.6 Å². The van der Waals surface area contributed by atoms with Crippen LogP contribution in [-0.2, 0) is 29.1 Å². The summed E-state index contributed by atoms with van der Waals surface area (Å²) >= 11 is 0. The number of esters is 1. The van der Waals surface area contributed by atoms with Crippen LogP contribution in [-0.4, -0.2) is 79.7 Å². The number of carbonyl (C=O) groups is 4. The van der Waals surface area contributed by atoms with Crippen molar-refractivity contribution < 1.29 is 41.8 Å². The molecule has 0 bridgehead atoms. The highest BCUT2D eigenvalue weighted by Crippen LogP contribution is 2.36. The minimum absolute atomic E-state index is 0.0165. The Bertz CT molecular complexity index is 1760. The molecule has 53 heavy (non-hydrogen) atoms. The number of sulfonamides is 1. The monoisotopic (exact) mass is 754 g/mol. The quantitative estimate of drug-likeness (QED) is 0.0992. The lowest BCUT2D eigenvalue weighted by Gasteiger charge is -2.35. The molecule has 13 nitrogen and oxygen atoms in total. The number of aliphatic imine (C=N–C) groups is 1. The third-order valence-corrected chi connectivity index (χ3v) is 11.4. The summed E-state index contributed by atoms with van der Waals surface area (Å²) in [6.07, 6.45) is 14.5. The second-order valence-electron chi connectivity index (χ2n) is 14.0. The summed E-state index contributed by atoms with van der Waals surface area (Å²) in [6, 6.07) is 8.42. The summed E-state index contributed by atoms with van der Waals surface area (Å²) in [7, 11) is -1.72. The van der Waals surface area contributed by atoms with Crippen LogP contribution in [0.25, 0.3) is 0 Å². The average molecular weight is 755 g/mol. The van der Waals surface area contributed by atoms with Gasteiger partial charge < -0.3 is 19.5 Å². The van der Waals surface area contributed by atoms with Gasteiger partial charge in [0, 0.05) is 6.54 Å². The fourth-order valence-corrected chi connectivity index (χ4v) is 8.20. The second-order valence-corrected chi connectivity index (χ2v) is 15.8. The molecule has 2 heterocycles. The Morgan fingerprint density at radius 1 is 0.868 bits per heavy atom. The zero-order chi connectivity index (χ0) is 38.6. The summed E-state index contributed by atoms with van der Waals surface area (Å²) < 4.78 is 45.1. The number of fused-ring (bicyclic) bond motifs is 1. The molecule has 14 heteroatoms. The molecule has 2 aromatic carbocycles. The van der Waals surface area contributed by atoms with Gasteiger partial charge in [0.05, 0.1) is 31.2 Å². The topological polar surface area (TPSA) is 161 Å². The molecule has 0 radical (unpaired) electrons. The lowest BCUT2D eigenvalue weighted by molar-refractivity contribution is -0.137. The fraction of sp³-hybridized carbons (Fsp3) is 0.564. The van der Waals surface area contributed by atoms with Crippen LogP contribution in [0, 0.1) is 0 Å². The highest BCUT2D eigenvalue weighted by Gasteiger charge is 2.55. The number of unbranched alkanes of at least 4 members (excludes halogenated alkanes) is 13. The summed E-state index contributed by atoms with van der Waals surface area (Å²) in [5.41, 5.74) is -1.47. The van der Waals surface area contributed by atoms with Gasteiger partial charge in [-0.15, -0.1) is 0 Å². The van der Waals surface area contributed by atoms with Gasteiger partial charge in [-0.05, 0) is 50.6 Å². The molecule has 1 saturated heterocycles. The smallest absolute Gasteiger partial charge is 0.418 e. The van der Waals surface area contributed by atoms with Gasteiger partial charge in [0.15, 0.2) is 17.5 Å². The molecule has 1 atom stereocenters. The second kappa shape index (κ2) is 19.0. The maximum atomic E-state index is 14.4. The Morgan fingerprint density at radius 2 is 1.45 bits per heavy atom. The number of cyclic esters (lactones) is 1. The van der Waals surface area contributed by atoms with Gasteiger partial charge in [0.1, 0.15) is 10.6 Å². The van der Waals surface area contributed by atoms with Crippen LogP contribution in [0.1, 0.15) is 121 Å². The molecule has 4 rings (SSSR count). The van der Waals surface area contributed by atoms with Gasteiger partial charge >= 0.3 is 12.1 Å². The molecular formula is C39H54N4O9S. The van der Waals surface area contributed by atoms with Crippen molar-refractivity contribution in [2.24, 2.45) is 4.99 Å². The van der Waals surface area contributed by atoms with E-state index in [4.69, 9.17) is 14.2 Å². The number of hydrogen-bond acceptors (Lipinski definition) is 10. The number of anilines is 1. The molecular weight excluding hydrogens is 701 g/mol. The normalized spacial score (nSPS) is 16.4. The number of imide groups is 1. The molecule has 1 N–H and O–H groups in total. The molecule has 0 spiro atoms. The van der Waals surface area contributed by atoms with Crippen LogP contribution < -0.4 is 10.1 Å². The first-order valence-corrected chi connectivity index (χ1v) is 20.2. The summed E-state index contributed by atoms with van der Waals surface area (Å²) in [5.74, 6) is -2.69. The van der Waals surface area contributed by atoms with E-state index in [1.54, 1.807) is 12.1 Å². The number of rotatable bonds is 21. The Balaban J connectivity index is 1.56. The molecule has 0 saturated carbocycles. The van der Waals surface area contributed by atoms with Crippen molar-refractivity contribution in [2.45, 2.75) is 127 Å². The molecule has 2 aromatic rings. The first-order valence-electron chi connectivity index (χ1n) is 18.7. The SMILES string of the molecule is CCCCCCCCCCCCCCCCN1C(C(C(=O)Nc2cc(C(=O)OC)ccc2OC)N2C(=O)OC(C)(C)C2=O)=Nc2ccccc2S1(=O)=O. The van der Waals surface area contributed by atoms with Gasteiger partial charge in [0.2, 0.25) is 0 Å². The van der Waals surface area contributed by atoms with Gasteiger partial charge in [-0.1, -0.05) is 103 Å². The summed E-state index contributed by atoms with van der Waals surface area (Å²) in [4.78, 5) is 58.9. The van der Waals surface area contributed by atoms with E-state index in [1.807, 2.05) is 0 Å². The van der Waals surface area contributed by atoms with Crippen molar-refractivity contribution >= 4 is 51.1 Å². The molecule has 0 aliphatic carbocycles. The Morgan fingerprint density at radius 3 is 2.00 bits per heavy atom. The van der Waals surface area contributed by atoms with Gasteiger partial charge in [0.25, 0.3) is 21.8 Å². The molecule has 1 unspecified atom stereocenters. The zero-order valence-corrected chi connectivity index (χ0v) is 32.5. The molecule has 3 amide bonds. The van der Waals surface area contributed by atoms with E-state index in [0.29, 0.717) is 11.3 Å². The number of nitrogens with zero attached hydrogens (tertiary/aromatic N) is 3. The van der Waals surface area contributed by atoms with Crippen LogP contribution in [0.15, 0.2) is 52.4 Å². The molecule has 0 aromatic heterocycles. The van der Waals surface area contributed by atoms with Crippen molar-refractivity contribution in [3.8, 4) is 5.75 Å². The lowest BCUT2D eigenvalue weighted by Crippen LogP contribution is -2.59. The number of para-hydroxylation sites is 1. The van der Waals surface area contributed by atoms with E-state index in [-0.39, 0.29) is 40.0 Å². The average Bonchev–Trinajstić information content (AvgIpc) is 3.33. The predicted octanol–water partition coefficient (Wildman–Crippen LogP) is 7.76. The van der Waals surface area contributed by atoms with Crippen LogP contribution in [0.3, 0.4) is 0 Å². The molecule has 2 aliphatic heterocycles. The van der Waals surface area contributed by atoms with E-state index < -0.39 is 45.5 Å². The van der Waals surface area contributed by atoms with Gasteiger partial charge in [-0.25, -0.2) is 27.9 Å². The van der Waals surface area contributed by atoms with Crippen molar-refractivity contribution in [3.05, 3.63) is 48.0 Å². The minimum atomic E-state index is -4.28. The van der Waals surface area contributed by atoms with Crippen LogP contribution in [0.5, 0.6) is 5.75 Å². The van der Waals surface area contributed by atoms with Crippen LogP contribution in [0.2, 0.25) is 0 Å². The standard InChI is InChI=1S/C39H54N4O9S/c1-6-7-8-9-10-11-12-13-14-15-16-17-18-21-26-42-34(40-29-22-19-20-23-32(29)53(42,48)49)33(43-37(46)39(2,3)52-38(43)47)35(44)41-30-27-28(36(45)51-5)24-25-31(30)50-4/h19-20,22-25,27,33H,6-18,21,26H2,1-5H3,(H,41,44). The van der Waals surface area contributed by atoms with Gasteiger partial charge in [-0.3, -0.25) is 13.9 Å². The van der Waals surface area contributed by atoms with Crippen molar-refractivity contribution in [1.82, 2.24) is 9.21 Å². The molecule has 290 valence electrons. The lowest BCUT2D eigenvalue weighted by atomic mass is 10.0. The first kappa shape index (κ1) is 41.3. The number of nitrogens with one attached hydrogen (secondary N) is 1. The fourth-order valence-electron chi connectivity index (χ4n) is 6.58. The zero-order valence-electron chi connectivity index (χ0n) is 31.6. The first-order chi connectivity index (χ1) is 25.4. The summed E-state index contributed by atoms with van der Waals surface area (Å²) in [5, 5.41) is 2.64. The maximum absolute atomic E-state index is 14.4. The largest absolute Gasteiger partial charge is 0.495 e. The Hall–Kier alpha value is -4.46. The molecule has 1 fully saturated rings. The van der Waals surface area contributed by atoms with Crippen molar-refractivity contribution in [3.63, 3.8) is 0 Å². The Kier molecular flexibility index (Phi) is 14.8. The highest BCUT2D eigenvalue weighted by molar-refractivity contribution is 7.90. The van der Waals surface area contributed by atoms with Gasteiger partial charge in [-0.2, -0.15) is 0 Å². The third kappa shape index (κ3) is 10.2. The molecule has 2 aliphatic rings. The van der Waals surface area contributed by atoms with Crippen LogP contribution in [0.4, 0.5) is 16.2 Å². The highest BCUT2D eigenvalue weighted by atomic mass is 32.2. The number of amidine groups is 1. The van der Waals surface area contributed by atoms with Crippen molar-refractivity contribution in [2.75, 3.05) is 26.1 Å². The number of benzene rings is 2. The Labute approximate surface area is 313 Å². The number of amides is 3. The number of hydrogen-bond donors (Lipinski definition) is 1. The number of methoxy groups -OCH3 is 2.